The van der Waals surface area contributed by atoms with Gasteiger partial charge in [0, 0.05) is 13.1 Å². The van der Waals surface area contributed by atoms with Gasteiger partial charge in [0.05, 0.1) is 18.2 Å². The highest BCUT2D eigenvalue weighted by Gasteiger charge is 2.11. The molecule has 1 aromatic carbocycles. The highest BCUT2D eigenvalue weighted by Crippen LogP contribution is 2.36. The zero-order chi connectivity index (χ0) is 16.2. The Bertz CT molecular complexity index is 455. The van der Waals surface area contributed by atoms with E-state index < -0.39 is 0 Å². The van der Waals surface area contributed by atoms with Crippen molar-refractivity contribution in [1.82, 2.24) is 10.6 Å². The predicted octanol–water partition coefficient (Wildman–Crippen LogP) is 2.08. The molecule has 0 atom stereocenters. The standard InChI is InChI=1S/C16H25BrN2O3/c1-3-9-22-16-14(17)10-13(11-15(16)21-2)12-19-6-4-5-18-7-8-20/h3,10-11,18-20H,1,4-9,12H2,2H3. The summed E-state index contributed by atoms with van der Waals surface area (Å²) in [4.78, 5) is 0. The van der Waals surface area contributed by atoms with Gasteiger partial charge in [-0.3, -0.25) is 0 Å². The average molecular weight is 373 g/mol. The Morgan fingerprint density at radius 1 is 1.27 bits per heavy atom. The molecule has 0 aliphatic rings. The highest BCUT2D eigenvalue weighted by atomic mass is 79.9. The van der Waals surface area contributed by atoms with Gasteiger partial charge in [0.2, 0.25) is 0 Å². The molecule has 0 saturated heterocycles. The first kappa shape index (κ1) is 19.0. The van der Waals surface area contributed by atoms with Gasteiger partial charge in [-0.25, -0.2) is 0 Å². The summed E-state index contributed by atoms with van der Waals surface area (Å²) in [5.74, 6) is 1.40. The van der Waals surface area contributed by atoms with Gasteiger partial charge in [-0.05, 0) is 53.1 Å². The summed E-state index contributed by atoms with van der Waals surface area (Å²) >= 11 is 3.52. The van der Waals surface area contributed by atoms with Crippen LogP contribution in [0.25, 0.3) is 0 Å². The van der Waals surface area contributed by atoms with Crippen LogP contribution in [-0.4, -0.2) is 45.1 Å². The van der Waals surface area contributed by atoms with Crippen molar-refractivity contribution in [2.45, 2.75) is 13.0 Å². The summed E-state index contributed by atoms with van der Waals surface area (Å²) in [6.07, 6.45) is 2.71. The van der Waals surface area contributed by atoms with E-state index in [1.54, 1.807) is 13.2 Å². The van der Waals surface area contributed by atoms with E-state index in [0.717, 1.165) is 36.1 Å². The second kappa shape index (κ2) is 11.5. The van der Waals surface area contributed by atoms with E-state index in [1.807, 2.05) is 12.1 Å². The molecule has 5 nitrogen and oxygen atoms in total. The quantitative estimate of drug-likeness (QED) is 0.387. The van der Waals surface area contributed by atoms with E-state index >= 15 is 0 Å². The number of hydrogen-bond donors (Lipinski definition) is 3. The van der Waals surface area contributed by atoms with Crippen molar-refractivity contribution in [3.63, 3.8) is 0 Å². The topological polar surface area (TPSA) is 62.8 Å². The Morgan fingerprint density at radius 3 is 2.73 bits per heavy atom. The molecular weight excluding hydrogens is 348 g/mol. The third-order valence-corrected chi connectivity index (χ3v) is 3.55. The molecule has 3 N–H and O–H groups in total. The fourth-order valence-corrected chi connectivity index (χ4v) is 2.54. The van der Waals surface area contributed by atoms with Gasteiger partial charge in [0.1, 0.15) is 6.61 Å². The van der Waals surface area contributed by atoms with Crippen LogP contribution in [0.1, 0.15) is 12.0 Å². The molecule has 0 aliphatic heterocycles. The van der Waals surface area contributed by atoms with Crippen molar-refractivity contribution in [3.05, 3.63) is 34.8 Å². The lowest BCUT2D eigenvalue weighted by Gasteiger charge is -2.14. The van der Waals surface area contributed by atoms with Crippen LogP contribution in [0.4, 0.5) is 0 Å². The van der Waals surface area contributed by atoms with Crippen LogP contribution < -0.4 is 20.1 Å². The van der Waals surface area contributed by atoms with Gasteiger partial charge >= 0.3 is 0 Å². The lowest BCUT2D eigenvalue weighted by atomic mass is 10.2. The summed E-state index contributed by atoms with van der Waals surface area (Å²) < 4.78 is 11.9. The number of aliphatic hydroxyl groups is 1. The molecular formula is C16H25BrN2O3. The summed E-state index contributed by atoms with van der Waals surface area (Å²) in [6, 6.07) is 4.00. The first-order valence-corrected chi connectivity index (χ1v) is 8.14. The van der Waals surface area contributed by atoms with Crippen molar-refractivity contribution >= 4 is 15.9 Å². The maximum atomic E-state index is 8.66. The Kier molecular flexibility index (Phi) is 9.90. The van der Waals surface area contributed by atoms with E-state index in [-0.39, 0.29) is 6.61 Å². The molecule has 0 fully saturated rings. The largest absolute Gasteiger partial charge is 0.493 e. The lowest BCUT2D eigenvalue weighted by molar-refractivity contribution is 0.292. The Hall–Kier alpha value is -1.08. The molecule has 0 unspecified atom stereocenters. The number of halogens is 1. The normalized spacial score (nSPS) is 10.5. The minimum absolute atomic E-state index is 0.182. The van der Waals surface area contributed by atoms with Gasteiger partial charge < -0.3 is 25.2 Å². The maximum absolute atomic E-state index is 8.66. The van der Waals surface area contributed by atoms with Crippen molar-refractivity contribution < 1.29 is 14.6 Å². The molecule has 0 spiro atoms. The van der Waals surface area contributed by atoms with Gasteiger partial charge in [-0.2, -0.15) is 0 Å². The van der Waals surface area contributed by atoms with Crippen LogP contribution in [0, 0.1) is 0 Å². The summed E-state index contributed by atoms with van der Waals surface area (Å²) in [7, 11) is 1.63. The molecule has 0 heterocycles. The number of benzene rings is 1. The van der Waals surface area contributed by atoms with Crippen LogP contribution >= 0.6 is 15.9 Å². The minimum Gasteiger partial charge on any atom is -0.493 e. The number of rotatable bonds is 12. The van der Waals surface area contributed by atoms with Crippen LogP contribution in [0.2, 0.25) is 0 Å². The third kappa shape index (κ3) is 6.79. The molecule has 1 rings (SSSR count). The van der Waals surface area contributed by atoms with Crippen molar-refractivity contribution in [1.29, 1.82) is 0 Å². The molecule has 0 radical (unpaired) electrons. The average Bonchev–Trinajstić information content (AvgIpc) is 2.52. The number of nitrogens with one attached hydrogen (secondary N) is 2. The van der Waals surface area contributed by atoms with E-state index in [0.29, 0.717) is 24.7 Å². The summed E-state index contributed by atoms with van der Waals surface area (Å²) in [6.45, 7) is 7.48. The minimum atomic E-state index is 0.182. The van der Waals surface area contributed by atoms with Crippen LogP contribution in [0.3, 0.4) is 0 Å². The first-order chi connectivity index (χ1) is 10.7. The number of methoxy groups -OCH3 is 1. The van der Waals surface area contributed by atoms with Crippen molar-refractivity contribution in [2.75, 3.05) is 40.0 Å². The van der Waals surface area contributed by atoms with Gasteiger partial charge in [0.25, 0.3) is 0 Å². The molecule has 0 bridgehead atoms. The number of hydrogen-bond acceptors (Lipinski definition) is 5. The van der Waals surface area contributed by atoms with Crippen LogP contribution in [0.5, 0.6) is 11.5 Å². The summed E-state index contributed by atoms with van der Waals surface area (Å²) in [5.41, 5.74) is 1.12. The Balaban J connectivity index is 2.47. The summed E-state index contributed by atoms with van der Waals surface area (Å²) in [5, 5.41) is 15.2. The molecule has 6 heteroatoms. The Morgan fingerprint density at radius 2 is 2.05 bits per heavy atom. The Labute approximate surface area is 140 Å². The van der Waals surface area contributed by atoms with E-state index in [1.165, 1.54) is 0 Å². The van der Waals surface area contributed by atoms with E-state index in [9.17, 15) is 0 Å². The van der Waals surface area contributed by atoms with Gasteiger partial charge in [-0.1, -0.05) is 12.7 Å². The third-order valence-electron chi connectivity index (χ3n) is 2.96. The smallest absolute Gasteiger partial charge is 0.175 e. The zero-order valence-corrected chi connectivity index (χ0v) is 14.6. The van der Waals surface area contributed by atoms with Crippen molar-refractivity contribution in [2.24, 2.45) is 0 Å². The monoisotopic (exact) mass is 372 g/mol. The number of ether oxygens (including phenoxy) is 2. The fourth-order valence-electron chi connectivity index (χ4n) is 1.93. The molecule has 0 aromatic heterocycles. The molecule has 22 heavy (non-hydrogen) atoms. The highest BCUT2D eigenvalue weighted by molar-refractivity contribution is 9.10. The molecule has 124 valence electrons. The second-order valence-electron chi connectivity index (χ2n) is 4.71. The van der Waals surface area contributed by atoms with Crippen LogP contribution in [0.15, 0.2) is 29.3 Å². The van der Waals surface area contributed by atoms with E-state index in [2.05, 4.69) is 33.1 Å². The molecule has 1 aromatic rings. The predicted molar refractivity (Wildman–Crippen MR) is 92.7 cm³/mol. The molecule has 0 amide bonds. The second-order valence-corrected chi connectivity index (χ2v) is 5.57. The zero-order valence-electron chi connectivity index (χ0n) is 13.0. The molecule has 0 saturated carbocycles. The van der Waals surface area contributed by atoms with Crippen molar-refractivity contribution in [3.8, 4) is 11.5 Å². The maximum Gasteiger partial charge on any atom is 0.175 e. The first-order valence-electron chi connectivity index (χ1n) is 7.35. The fraction of sp³-hybridized carbons (Fsp3) is 0.500. The van der Waals surface area contributed by atoms with Crippen LogP contribution in [-0.2, 0) is 6.54 Å². The van der Waals surface area contributed by atoms with Gasteiger partial charge in [0.15, 0.2) is 11.5 Å². The SMILES string of the molecule is C=CCOc1c(Br)cc(CNCCCNCCO)cc1OC. The number of aliphatic hydroxyl groups excluding tert-OH is 1. The van der Waals surface area contributed by atoms with E-state index in [4.69, 9.17) is 14.6 Å². The molecule has 0 aliphatic carbocycles. The lowest BCUT2D eigenvalue weighted by Crippen LogP contribution is -2.23. The van der Waals surface area contributed by atoms with Gasteiger partial charge in [-0.15, -0.1) is 0 Å².